The Morgan fingerprint density at radius 2 is 2.00 bits per heavy atom. The quantitative estimate of drug-likeness (QED) is 0.577. The molecular formula is C17H11FN4OS2. The van der Waals surface area contributed by atoms with E-state index in [9.17, 15) is 9.18 Å². The summed E-state index contributed by atoms with van der Waals surface area (Å²) in [4.78, 5) is 22.1. The number of nitrogens with zero attached hydrogens (tertiary/aromatic N) is 3. The van der Waals surface area contributed by atoms with Gasteiger partial charge in [0.1, 0.15) is 11.5 Å². The van der Waals surface area contributed by atoms with Gasteiger partial charge in [0, 0.05) is 11.1 Å². The number of rotatable bonds is 4. The Kier molecular flexibility index (Phi) is 4.12. The Labute approximate surface area is 150 Å². The van der Waals surface area contributed by atoms with Crippen molar-refractivity contribution >= 4 is 33.7 Å². The number of benzene rings is 1. The summed E-state index contributed by atoms with van der Waals surface area (Å²) in [7, 11) is 0. The monoisotopic (exact) mass is 370 g/mol. The minimum atomic E-state index is -0.334. The number of amides is 1. The molecule has 3 heterocycles. The van der Waals surface area contributed by atoms with E-state index in [2.05, 4.69) is 15.3 Å². The Morgan fingerprint density at radius 3 is 2.76 bits per heavy atom. The summed E-state index contributed by atoms with van der Waals surface area (Å²) < 4.78 is 14.7. The molecule has 0 saturated carbocycles. The molecule has 0 atom stereocenters. The summed E-state index contributed by atoms with van der Waals surface area (Å²) in [5, 5.41) is 7.18. The number of carbonyl (C=O) groups is 1. The first-order valence-electron chi connectivity index (χ1n) is 7.30. The van der Waals surface area contributed by atoms with E-state index in [4.69, 9.17) is 0 Å². The molecule has 0 radical (unpaired) electrons. The highest BCUT2D eigenvalue weighted by Crippen LogP contribution is 2.28. The SMILES string of the molecule is O=C(Nc1nc(-c2cccs2)cs1)c1cncn1-c1ccc(F)cc1. The van der Waals surface area contributed by atoms with Crippen molar-refractivity contribution in [3.05, 3.63) is 71.2 Å². The van der Waals surface area contributed by atoms with Gasteiger partial charge in [-0.25, -0.2) is 14.4 Å². The molecule has 1 N–H and O–H groups in total. The maximum Gasteiger partial charge on any atom is 0.276 e. The highest BCUT2D eigenvalue weighted by atomic mass is 32.1. The molecule has 4 rings (SSSR count). The molecule has 124 valence electrons. The predicted octanol–water partition coefficient (Wildman–Crippen LogP) is 4.45. The highest BCUT2D eigenvalue weighted by Gasteiger charge is 2.15. The van der Waals surface area contributed by atoms with Crippen LogP contribution in [-0.4, -0.2) is 20.4 Å². The summed E-state index contributed by atoms with van der Waals surface area (Å²) in [5.41, 5.74) is 1.84. The number of thiazole rings is 1. The van der Waals surface area contributed by atoms with E-state index in [1.54, 1.807) is 28.0 Å². The first-order valence-corrected chi connectivity index (χ1v) is 9.06. The molecule has 3 aromatic heterocycles. The summed E-state index contributed by atoms with van der Waals surface area (Å²) in [5.74, 6) is -0.660. The minimum Gasteiger partial charge on any atom is -0.296 e. The van der Waals surface area contributed by atoms with Crippen molar-refractivity contribution in [2.75, 3.05) is 5.32 Å². The van der Waals surface area contributed by atoms with Gasteiger partial charge in [-0.3, -0.25) is 14.7 Å². The Balaban J connectivity index is 1.56. The fourth-order valence-electron chi connectivity index (χ4n) is 2.30. The van der Waals surface area contributed by atoms with Crippen LogP contribution in [0.5, 0.6) is 0 Å². The van der Waals surface area contributed by atoms with Crippen LogP contribution in [0, 0.1) is 5.82 Å². The lowest BCUT2D eigenvalue weighted by Crippen LogP contribution is -2.15. The van der Waals surface area contributed by atoms with Gasteiger partial charge in [0.05, 0.1) is 23.1 Å². The molecule has 4 aromatic rings. The molecule has 25 heavy (non-hydrogen) atoms. The molecule has 5 nitrogen and oxygen atoms in total. The van der Waals surface area contributed by atoms with E-state index in [-0.39, 0.29) is 11.7 Å². The number of hydrogen-bond donors (Lipinski definition) is 1. The summed E-state index contributed by atoms with van der Waals surface area (Å²) >= 11 is 2.95. The van der Waals surface area contributed by atoms with Gasteiger partial charge in [-0.05, 0) is 35.7 Å². The van der Waals surface area contributed by atoms with Crippen LogP contribution in [-0.2, 0) is 0 Å². The maximum absolute atomic E-state index is 13.1. The van der Waals surface area contributed by atoms with E-state index in [0.29, 0.717) is 16.5 Å². The van der Waals surface area contributed by atoms with Gasteiger partial charge in [-0.15, -0.1) is 22.7 Å². The van der Waals surface area contributed by atoms with Crippen LogP contribution in [0.2, 0.25) is 0 Å². The van der Waals surface area contributed by atoms with E-state index < -0.39 is 0 Å². The summed E-state index contributed by atoms with van der Waals surface area (Å²) in [6.45, 7) is 0. The number of carbonyl (C=O) groups excluding carboxylic acids is 1. The van der Waals surface area contributed by atoms with Crippen LogP contribution in [0.1, 0.15) is 10.5 Å². The van der Waals surface area contributed by atoms with Gasteiger partial charge in [-0.1, -0.05) is 6.07 Å². The number of aromatic nitrogens is 3. The first-order chi connectivity index (χ1) is 12.2. The second-order valence-electron chi connectivity index (χ2n) is 5.09. The van der Waals surface area contributed by atoms with E-state index in [1.807, 2.05) is 22.9 Å². The van der Waals surface area contributed by atoms with Gasteiger partial charge in [0.2, 0.25) is 0 Å². The van der Waals surface area contributed by atoms with Crippen molar-refractivity contribution < 1.29 is 9.18 Å². The molecule has 1 amide bonds. The van der Waals surface area contributed by atoms with Crippen molar-refractivity contribution in [2.24, 2.45) is 0 Å². The third kappa shape index (κ3) is 3.21. The standard InChI is InChI=1S/C17H11FN4OS2/c18-11-3-5-12(6-4-11)22-10-19-8-14(22)16(23)21-17-20-13(9-25-17)15-2-1-7-24-15/h1-10H,(H,20,21,23). The van der Waals surface area contributed by atoms with Crippen LogP contribution < -0.4 is 5.32 Å². The third-order valence-electron chi connectivity index (χ3n) is 3.47. The Bertz CT molecular complexity index is 1010. The zero-order valence-electron chi connectivity index (χ0n) is 12.7. The lowest BCUT2D eigenvalue weighted by molar-refractivity contribution is 0.102. The van der Waals surface area contributed by atoms with Crippen molar-refractivity contribution in [1.82, 2.24) is 14.5 Å². The molecule has 0 aliphatic carbocycles. The highest BCUT2D eigenvalue weighted by molar-refractivity contribution is 7.16. The number of thiophene rings is 1. The zero-order valence-corrected chi connectivity index (χ0v) is 14.4. The van der Waals surface area contributed by atoms with Crippen LogP contribution >= 0.6 is 22.7 Å². The number of imidazole rings is 1. The molecule has 0 unspecified atom stereocenters. The molecule has 0 aliphatic heterocycles. The van der Waals surface area contributed by atoms with Crippen LogP contribution in [0.3, 0.4) is 0 Å². The Hall–Kier alpha value is -2.84. The number of halogens is 1. The number of hydrogen-bond acceptors (Lipinski definition) is 5. The predicted molar refractivity (Wildman–Crippen MR) is 96.9 cm³/mol. The molecule has 0 saturated heterocycles. The van der Waals surface area contributed by atoms with E-state index in [0.717, 1.165) is 10.6 Å². The fourth-order valence-corrected chi connectivity index (χ4v) is 3.77. The van der Waals surface area contributed by atoms with Crippen LogP contribution in [0.4, 0.5) is 9.52 Å². The van der Waals surface area contributed by atoms with Gasteiger partial charge in [0.15, 0.2) is 5.13 Å². The number of anilines is 1. The second kappa shape index (κ2) is 6.58. The third-order valence-corrected chi connectivity index (χ3v) is 5.12. The first kappa shape index (κ1) is 15.7. The van der Waals surface area contributed by atoms with Gasteiger partial charge in [-0.2, -0.15) is 0 Å². The maximum atomic E-state index is 13.1. The average Bonchev–Trinajstić information content (AvgIpc) is 3.36. The van der Waals surface area contributed by atoms with E-state index in [1.165, 1.54) is 36.0 Å². The summed E-state index contributed by atoms with van der Waals surface area (Å²) in [6.07, 6.45) is 2.98. The second-order valence-corrected chi connectivity index (χ2v) is 6.90. The van der Waals surface area contributed by atoms with Crippen LogP contribution in [0.15, 0.2) is 59.7 Å². The smallest absolute Gasteiger partial charge is 0.276 e. The van der Waals surface area contributed by atoms with Crippen LogP contribution in [0.25, 0.3) is 16.3 Å². The molecule has 8 heteroatoms. The minimum absolute atomic E-state index is 0.325. The van der Waals surface area contributed by atoms with Gasteiger partial charge in [0.25, 0.3) is 5.91 Å². The molecule has 0 bridgehead atoms. The van der Waals surface area contributed by atoms with Crippen molar-refractivity contribution in [3.63, 3.8) is 0 Å². The van der Waals surface area contributed by atoms with Crippen molar-refractivity contribution in [2.45, 2.75) is 0 Å². The molecule has 1 aromatic carbocycles. The molecular weight excluding hydrogens is 359 g/mol. The van der Waals surface area contributed by atoms with Gasteiger partial charge < -0.3 is 0 Å². The molecule has 0 aliphatic rings. The lowest BCUT2D eigenvalue weighted by atomic mass is 10.3. The molecule has 0 spiro atoms. The Morgan fingerprint density at radius 1 is 1.16 bits per heavy atom. The number of nitrogens with one attached hydrogen (secondary N) is 1. The topological polar surface area (TPSA) is 59.8 Å². The lowest BCUT2D eigenvalue weighted by Gasteiger charge is -2.07. The summed E-state index contributed by atoms with van der Waals surface area (Å²) in [6, 6.07) is 9.79. The van der Waals surface area contributed by atoms with E-state index >= 15 is 0 Å². The van der Waals surface area contributed by atoms with Crippen molar-refractivity contribution in [3.8, 4) is 16.3 Å². The largest absolute Gasteiger partial charge is 0.296 e. The van der Waals surface area contributed by atoms with Crippen molar-refractivity contribution in [1.29, 1.82) is 0 Å². The average molecular weight is 370 g/mol. The fraction of sp³-hybridized carbons (Fsp3) is 0. The zero-order chi connectivity index (χ0) is 17.2. The molecule has 0 fully saturated rings. The van der Waals surface area contributed by atoms with Gasteiger partial charge >= 0.3 is 0 Å². The normalized spacial score (nSPS) is 10.8.